The summed E-state index contributed by atoms with van der Waals surface area (Å²) in [5.74, 6) is -0.897. The highest BCUT2D eigenvalue weighted by Crippen LogP contribution is 2.23. The van der Waals surface area contributed by atoms with Gasteiger partial charge in [0.05, 0.1) is 4.92 Å². The number of rotatable bonds is 5. The molecule has 6 heteroatoms. The largest absolute Gasteiger partial charge is 0.480 e. The molecule has 1 aromatic carbocycles. The van der Waals surface area contributed by atoms with E-state index >= 15 is 0 Å². The Labute approximate surface area is 105 Å². The Morgan fingerprint density at radius 1 is 1.33 bits per heavy atom. The first-order chi connectivity index (χ1) is 8.34. The SMILES string of the molecule is CC(C(=O)O)N(C)C(C)c1ccc([N+](=O)[O-])cc1. The lowest BCUT2D eigenvalue weighted by Gasteiger charge is -2.28. The van der Waals surface area contributed by atoms with Crippen molar-refractivity contribution in [3.8, 4) is 0 Å². The lowest BCUT2D eigenvalue weighted by atomic mass is 10.1. The molecule has 0 aliphatic rings. The summed E-state index contributed by atoms with van der Waals surface area (Å²) in [6.45, 7) is 3.46. The van der Waals surface area contributed by atoms with Crippen molar-refractivity contribution in [2.45, 2.75) is 25.9 Å². The molecule has 6 nitrogen and oxygen atoms in total. The molecule has 2 atom stereocenters. The maximum atomic E-state index is 10.9. The first-order valence-corrected chi connectivity index (χ1v) is 5.53. The Morgan fingerprint density at radius 2 is 1.83 bits per heavy atom. The van der Waals surface area contributed by atoms with Crippen molar-refractivity contribution in [2.75, 3.05) is 7.05 Å². The van der Waals surface area contributed by atoms with Gasteiger partial charge in [0.15, 0.2) is 0 Å². The van der Waals surface area contributed by atoms with Crippen LogP contribution in [-0.4, -0.2) is 34.0 Å². The van der Waals surface area contributed by atoms with Gasteiger partial charge < -0.3 is 5.11 Å². The molecule has 0 bridgehead atoms. The standard InChI is InChI=1S/C12H16N2O4/c1-8(13(3)9(2)12(15)16)10-4-6-11(7-5-10)14(17)18/h4-9H,1-3H3,(H,15,16). The molecule has 0 heterocycles. The van der Waals surface area contributed by atoms with Gasteiger partial charge in [0, 0.05) is 18.2 Å². The molecular weight excluding hydrogens is 236 g/mol. The van der Waals surface area contributed by atoms with Crippen LogP contribution in [0.2, 0.25) is 0 Å². The average Bonchev–Trinajstić information content (AvgIpc) is 2.36. The van der Waals surface area contributed by atoms with Crippen LogP contribution < -0.4 is 0 Å². The van der Waals surface area contributed by atoms with E-state index in [-0.39, 0.29) is 11.7 Å². The molecular formula is C12H16N2O4. The van der Waals surface area contributed by atoms with Crippen molar-refractivity contribution in [2.24, 2.45) is 0 Å². The Bertz CT molecular complexity index is 444. The van der Waals surface area contributed by atoms with Crippen LogP contribution in [0.25, 0.3) is 0 Å². The second-order valence-electron chi connectivity index (χ2n) is 4.20. The van der Waals surface area contributed by atoms with Crippen LogP contribution in [-0.2, 0) is 4.79 Å². The first kappa shape index (κ1) is 14.1. The molecule has 1 rings (SSSR count). The number of nitrogens with zero attached hydrogens (tertiary/aromatic N) is 2. The summed E-state index contributed by atoms with van der Waals surface area (Å²) in [5, 5.41) is 19.5. The van der Waals surface area contributed by atoms with E-state index < -0.39 is 16.9 Å². The van der Waals surface area contributed by atoms with Crippen molar-refractivity contribution in [3.05, 3.63) is 39.9 Å². The molecule has 1 N–H and O–H groups in total. The quantitative estimate of drug-likeness (QED) is 0.640. The molecule has 18 heavy (non-hydrogen) atoms. The third kappa shape index (κ3) is 3.04. The maximum Gasteiger partial charge on any atom is 0.320 e. The van der Waals surface area contributed by atoms with Gasteiger partial charge in [0.25, 0.3) is 5.69 Å². The normalized spacial score (nSPS) is 14.2. The van der Waals surface area contributed by atoms with Gasteiger partial charge in [-0.1, -0.05) is 12.1 Å². The number of likely N-dealkylation sites (N-methyl/N-ethyl adjacent to an activating group) is 1. The zero-order valence-corrected chi connectivity index (χ0v) is 10.5. The fourth-order valence-corrected chi connectivity index (χ4v) is 1.62. The van der Waals surface area contributed by atoms with Gasteiger partial charge in [-0.25, -0.2) is 0 Å². The number of carbonyl (C=O) groups is 1. The smallest absolute Gasteiger partial charge is 0.320 e. The summed E-state index contributed by atoms with van der Waals surface area (Å²) in [7, 11) is 1.71. The highest BCUT2D eigenvalue weighted by Gasteiger charge is 2.22. The molecule has 0 amide bonds. The number of nitro groups is 1. The summed E-state index contributed by atoms with van der Waals surface area (Å²) in [6.07, 6.45) is 0. The van der Waals surface area contributed by atoms with Crippen molar-refractivity contribution in [1.29, 1.82) is 0 Å². The minimum atomic E-state index is -0.897. The van der Waals surface area contributed by atoms with Crippen LogP contribution in [0, 0.1) is 10.1 Å². The predicted molar refractivity (Wildman–Crippen MR) is 66.4 cm³/mol. The molecule has 0 aromatic heterocycles. The zero-order valence-electron chi connectivity index (χ0n) is 10.5. The Balaban J connectivity index is 2.87. The molecule has 0 aliphatic carbocycles. The first-order valence-electron chi connectivity index (χ1n) is 5.53. The topological polar surface area (TPSA) is 83.7 Å². The lowest BCUT2D eigenvalue weighted by molar-refractivity contribution is -0.384. The van der Waals surface area contributed by atoms with Gasteiger partial charge in [-0.3, -0.25) is 19.8 Å². The molecule has 0 saturated carbocycles. The second-order valence-corrected chi connectivity index (χ2v) is 4.20. The molecule has 0 aliphatic heterocycles. The van der Waals surface area contributed by atoms with Gasteiger partial charge in [-0.2, -0.15) is 0 Å². The molecule has 0 radical (unpaired) electrons. The summed E-state index contributed by atoms with van der Waals surface area (Å²) in [4.78, 5) is 22.7. The molecule has 1 aromatic rings. The van der Waals surface area contributed by atoms with E-state index in [1.54, 1.807) is 31.0 Å². The highest BCUT2D eigenvalue weighted by atomic mass is 16.6. The fourth-order valence-electron chi connectivity index (χ4n) is 1.62. The van der Waals surface area contributed by atoms with E-state index in [9.17, 15) is 14.9 Å². The molecule has 0 spiro atoms. The van der Waals surface area contributed by atoms with Gasteiger partial charge >= 0.3 is 5.97 Å². The van der Waals surface area contributed by atoms with Crippen molar-refractivity contribution >= 4 is 11.7 Å². The summed E-state index contributed by atoms with van der Waals surface area (Å²) >= 11 is 0. The summed E-state index contributed by atoms with van der Waals surface area (Å²) in [5.41, 5.74) is 0.871. The van der Waals surface area contributed by atoms with Gasteiger partial charge in [-0.05, 0) is 26.5 Å². The van der Waals surface area contributed by atoms with E-state index in [1.807, 2.05) is 6.92 Å². The highest BCUT2D eigenvalue weighted by molar-refractivity contribution is 5.72. The Hall–Kier alpha value is -1.95. The third-order valence-electron chi connectivity index (χ3n) is 3.17. The molecule has 2 unspecified atom stereocenters. The monoisotopic (exact) mass is 252 g/mol. The second kappa shape index (κ2) is 5.59. The minimum Gasteiger partial charge on any atom is -0.480 e. The van der Waals surface area contributed by atoms with E-state index in [4.69, 9.17) is 5.11 Å². The number of carboxylic acid groups (broad SMARTS) is 1. The molecule has 98 valence electrons. The maximum absolute atomic E-state index is 10.9. The molecule has 0 saturated heterocycles. The van der Waals surface area contributed by atoms with Gasteiger partial charge in [0.1, 0.15) is 6.04 Å². The van der Waals surface area contributed by atoms with Crippen LogP contribution in [0.15, 0.2) is 24.3 Å². The van der Waals surface area contributed by atoms with Crippen LogP contribution in [0.1, 0.15) is 25.5 Å². The van der Waals surface area contributed by atoms with Crippen LogP contribution in [0.4, 0.5) is 5.69 Å². The van der Waals surface area contributed by atoms with Crippen LogP contribution in [0.5, 0.6) is 0 Å². The lowest BCUT2D eigenvalue weighted by Crippen LogP contribution is -2.37. The van der Waals surface area contributed by atoms with Crippen molar-refractivity contribution in [3.63, 3.8) is 0 Å². The van der Waals surface area contributed by atoms with Crippen LogP contribution >= 0.6 is 0 Å². The van der Waals surface area contributed by atoms with E-state index in [0.29, 0.717) is 0 Å². The van der Waals surface area contributed by atoms with Crippen molar-refractivity contribution < 1.29 is 14.8 Å². The number of non-ortho nitro benzene ring substituents is 1. The van der Waals surface area contributed by atoms with E-state index in [1.165, 1.54) is 12.1 Å². The molecule has 0 fully saturated rings. The Kier molecular flexibility index (Phi) is 4.38. The third-order valence-corrected chi connectivity index (χ3v) is 3.17. The van der Waals surface area contributed by atoms with Crippen LogP contribution in [0.3, 0.4) is 0 Å². The number of carboxylic acids is 1. The van der Waals surface area contributed by atoms with Gasteiger partial charge in [0.2, 0.25) is 0 Å². The number of aliphatic carboxylic acids is 1. The van der Waals surface area contributed by atoms with Crippen molar-refractivity contribution in [1.82, 2.24) is 4.90 Å². The number of hydrogen-bond acceptors (Lipinski definition) is 4. The predicted octanol–water partition coefficient (Wildman–Crippen LogP) is 2.06. The van der Waals surface area contributed by atoms with Gasteiger partial charge in [-0.15, -0.1) is 0 Å². The van der Waals surface area contributed by atoms with E-state index in [0.717, 1.165) is 5.56 Å². The summed E-state index contributed by atoms with van der Waals surface area (Å²) < 4.78 is 0. The Morgan fingerprint density at radius 3 is 2.22 bits per heavy atom. The average molecular weight is 252 g/mol. The number of nitro benzene ring substituents is 1. The minimum absolute atomic E-state index is 0.0277. The fraction of sp³-hybridized carbons (Fsp3) is 0.417. The number of hydrogen-bond donors (Lipinski definition) is 1. The summed E-state index contributed by atoms with van der Waals surface area (Å²) in [6, 6.07) is 5.39. The number of benzene rings is 1. The zero-order chi connectivity index (χ0) is 13.9. The van der Waals surface area contributed by atoms with E-state index in [2.05, 4.69) is 0 Å².